The number of carbonyl (C=O) groups excluding carboxylic acids is 1. The number of anilines is 1. The number of aromatic nitrogens is 2. The van der Waals surface area contributed by atoms with E-state index in [0.29, 0.717) is 12.0 Å². The van der Waals surface area contributed by atoms with Crippen molar-refractivity contribution >= 4 is 21.9 Å². The lowest BCUT2D eigenvalue weighted by Gasteiger charge is -2.12. The predicted octanol–water partition coefficient (Wildman–Crippen LogP) is 1.26. The maximum atomic E-state index is 12.2. The van der Waals surface area contributed by atoms with E-state index in [0.717, 1.165) is 0 Å². The van der Waals surface area contributed by atoms with E-state index in [1.165, 1.54) is 24.5 Å². The van der Waals surface area contributed by atoms with Crippen LogP contribution in [0.2, 0.25) is 0 Å². The summed E-state index contributed by atoms with van der Waals surface area (Å²) in [6, 6.07) is 7.60. The van der Waals surface area contributed by atoms with Gasteiger partial charge < -0.3 is 5.73 Å². The van der Waals surface area contributed by atoms with Crippen LogP contribution in [0.4, 0.5) is 5.95 Å². The summed E-state index contributed by atoms with van der Waals surface area (Å²) >= 11 is 0. The molecule has 1 heterocycles. The van der Waals surface area contributed by atoms with E-state index >= 15 is 0 Å². The van der Waals surface area contributed by atoms with Gasteiger partial charge in [-0.25, -0.2) is 23.1 Å². The van der Waals surface area contributed by atoms with E-state index in [4.69, 9.17) is 5.73 Å². The van der Waals surface area contributed by atoms with Crippen LogP contribution in [0.25, 0.3) is 0 Å². The van der Waals surface area contributed by atoms with Crippen molar-refractivity contribution in [3.8, 4) is 0 Å². The number of nitrogens with zero attached hydrogens (tertiary/aromatic N) is 2. The van der Waals surface area contributed by atoms with Crippen LogP contribution < -0.4 is 10.5 Å². The fourth-order valence-electron chi connectivity index (χ4n) is 2.01. The first kappa shape index (κ1) is 15.9. The second-order valence-electron chi connectivity index (χ2n) is 4.61. The Morgan fingerprint density at radius 1 is 1.23 bits per heavy atom. The Morgan fingerprint density at radius 3 is 2.32 bits per heavy atom. The van der Waals surface area contributed by atoms with Gasteiger partial charge in [-0.1, -0.05) is 19.1 Å². The minimum atomic E-state index is -3.77. The molecule has 0 saturated carbocycles. The number of sulfonamides is 1. The quantitative estimate of drug-likeness (QED) is 0.831. The molecule has 2 aromatic rings. The van der Waals surface area contributed by atoms with Crippen molar-refractivity contribution in [2.75, 3.05) is 4.72 Å². The topological polar surface area (TPSA) is 115 Å². The number of carbonyl (C=O) groups is 1. The van der Waals surface area contributed by atoms with Crippen LogP contribution in [0.15, 0.2) is 47.6 Å². The number of benzene rings is 1. The van der Waals surface area contributed by atoms with Crippen molar-refractivity contribution in [3.63, 3.8) is 0 Å². The molecule has 0 aliphatic heterocycles. The number of hydrogen-bond acceptors (Lipinski definition) is 5. The van der Waals surface area contributed by atoms with Gasteiger partial charge in [0.2, 0.25) is 11.9 Å². The zero-order chi connectivity index (χ0) is 16.2. The number of rotatable bonds is 6. The van der Waals surface area contributed by atoms with Crippen LogP contribution in [-0.4, -0.2) is 24.3 Å². The lowest BCUT2D eigenvalue weighted by atomic mass is 9.96. The summed E-state index contributed by atoms with van der Waals surface area (Å²) in [6.45, 7) is 1.84. The van der Waals surface area contributed by atoms with Crippen LogP contribution in [0.3, 0.4) is 0 Å². The molecule has 0 aliphatic carbocycles. The van der Waals surface area contributed by atoms with Crippen molar-refractivity contribution in [2.24, 2.45) is 5.73 Å². The second kappa shape index (κ2) is 6.52. The summed E-state index contributed by atoms with van der Waals surface area (Å²) in [6.07, 6.45) is 3.43. The van der Waals surface area contributed by atoms with E-state index in [2.05, 4.69) is 14.7 Å². The van der Waals surface area contributed by atoms with E-state index < -0.39 is 21.8 Å². The van der Waals surface area contributed by atoms with Crippen LogP contribution in [-0.2, 0) is 14.8 Å². The first-order valence-corrected chi connectivity index (χ1v) is 8.11. The standard InChI is InChI=1S/C14H16N4O3S/c1-2-12(13(15)19)10-4-6-11(7-5-10)22(20,21)18-14-16-8-3-9-17-14/h3-9,12H,2H2,1H3,(H2,15,19)(H,16,17,18). The van der Waals surface area contributed by atoms with Gasteiger partial charge in [-0.2, -0.15) is 0 Å². The Hall–Kier alpha value is -2.48. The molecule has 1 aromatic heterocycles. The van der Waals surface area contributed by atoms with Crippen LogP contribution in [0, 0.1) is 0 Å². The minimum Gasteiger partial charge on any atom is -0.369 e. The number of amides is 1. The van der Waals surface area contributed by atoms with E-state index in [1.54, 1.807) is 18.2 Å². The third-order valence-corrected chi connectivity index (χ3v) is 4.48. The Balaban J connectivity index is 2.24. The van der Waals surface area contributed by atoms with E-state index in [1.807, 2.05) is 6.92 Å². The van der Waals surface area contributed by atoms with Gasteiger partial charge in [0, 0.05) is 12.4 Å². The first-order chi connectivity index (χ1) is 10.4. The number of nitrogens with one attached hydrogen (secondary N) is 1. The molecule has 8 heteroatoms. The van der Waals surface area contributed by atoms with Crippen molar-refractivity contribution in [1.82, 2.24) is 9.97 Å². The van der Waals surface area contributed by atoms with Gasteiger partial charge in [0.05, 0.1) is 10.8 Å². The highest BCUT2D eigenvalue weighted by Crippen LogP contribution is 2.21. The molecule has 0 bridgehead atoms. The molecule has 3 N–H and O–H groups in total. The third kappa shape index (κ3) is 3.59. The van der Waals surface area contributed by atoms with Crippen molar-refractivity contribution < 1.29 is 13.2 Å². The smallest absolute Gasteiger partial charge is 0.264 e. The highest BCUT2D eigenvalue weighted by atomic mass is 32.2. The molecule has 0 fully saturated rings. The molecule has 1 aromatic carbocycles. The van der Waals surface area contributed by atoms with Crippen LogP contribution in [0.5, 0.6) is 0 Å². The minimum absolute atomic E-state index is 0.00449. The van der Waals surface area contributed by atoms with Gasteiger partial charge in [0.25, 0.3) is 10.0 Å². The first-order valence-electron chi connectivity index (χ1n) is 6.63. The maximum absolute atomic E-state index is 12.2. The lowest BCUT2D eigenvalue weighted by molar-refractivity contribution is -0.119. The van der Waals surface area contributed by atoms with Crippen molar-refractivity contribution in [2.45, 2.75) is 24.2 Å². The zero-order valence-electron chi connectivity index (χ0n) is 11.9. The molecular weight excluding hydrogens is 304 g/mol. The number of nitrogens with two attached hydrogens (primary N) is 1. The highest BCUT2D eigenvalue weighted by molar-refractivity contribution is 7.92. The Labute approximate surface area is 128 Å². The van der Waals surface area contributed by atoms with Gasteiger partial charge in [-0.15, -0.1) is 0 Å². The summed E-state index contributed by atoms with van der Waals surface area (Å²) in [5, 5.41) is 0. The Morgan fingerprint density at radius 2 is 1.82 bits per heavy atom. The van der Waals surface area contributed by atoms with E-state index in [9.17, 15) is 13.2 Å². The monoisotopic (exact) mass is 320 g/mol. The van der Waals surface area contributed by atoms with Gasteiger partial charge in [0.15, 0.2) is 0 Å². The SMILES string of the molecule is CCC(C(N)=O)c1ccc(S(=O)(=O)Nc2ncccn2)cc1. The molecule has 1 amide bonds. The molecule has 0 radical (unpaired) electrons. The summed E-state index contributed by atoms with van der Waals surface area (Å²) in [5.41, 5.74) is 6.00. The maximum Gasteiger partial charge on any atom is 0.264 e. The second-order valence-corrected chi connectivity index (χ2v) is 6.29. The molecular formula is C14H16N4O3S. The van der Waals surface area contributed by atoms with Gasteiger partial charge in [-0.05, 0) is 30.2 Å². The molecule has 0 spiro atoms. The van der Waals surface area contributed by atoms with Crippen molar-refractivity contribution in [1.29, 1.82) is 0 Å². The summed E-state index contributed by atoms with van der Waals surface area (Å²) in [5.74, 6) is -0.869. The van der Waals surface area contributed by atoms with E-state index in [-0.39, 0.29) is 10.8 Å². The molecule has 2 rings (SSSR count). The molecule has 1 unspecified atom stereocenters. The summed E-state index contributed by atoms with van der Waals surface area (Å²) < 4.78 is 26.7. The third-order valence-electron chi connectivity index (χ3n) is 3.14. The van der Waals surface area contributed by atoms with Gasteiger partial charge in [0.1, 0.15) is 0 Å². The largest absolute Gasteiger partial charge is 0.369 e. The Kier molecular flexibility index (Phi) is 4.71. The predicted molar refractivity (Wildman–Crippen MR) is 81.5 cm³/mol. The van der Waals surface area contributed by atoms with Crippen molar-refractivity contribution in [3.05, 3.63) is 48.3 Å². The number of primary amides is 1. The normalized spacial score (nSPS) is 12.6. The Bertz CT molecular complexity index is 745. The van der Waals surface area contributed by atoms with Crippen LogP contribution >= 0.6 is 0 Å². The molecule has 7 nitrogen and oxygen atoms in total. The molecule has 22 heavy (non-hydrogen) atoms. The zero-order valence-corrected chi connectivity index (χ0v) is 12.7. The molecule has 0 saturated heterocycles. The highest BCUT2D eigenvalue weighted by Gasteiger charge is 2.19. The fourth-order valence-corrected chi connectivity index (χ4v) is 2.97. The molecule has 116 valence electrons. The summed E-state index contributed by atoms with van der Waals surface area (Å²) in [4.78, 5) is 19.0. The average molecular weight is 320 g/mol. The number of hydrogen-bond donors (Lipinski definition) is 2. The molecule has 1 atom stereocenters. The van der Waals surface area contributed by atoms with Crippen LogP contribution in [0.1, 0.15) is 24.8 Å². The van der Waals surface area contributed by atoms with Gasteiger partial charge in [-0.3, -0.25) is 4.79 Å². The molecule has 0 aliphatic rings. The average Bonchev–Trinajstić information content (AvgIpc) is 2.49. The lowest BCUT2D eigenvalue weighted by Crippen LogP contribution is -2.21. The van der Waals surface area contributed by atoms with Gasteiger partial charge >= 0.3 is 0 Å². The fraction of sp³-hybridized carbons (Fsp3) is 0.214. The summed E-state index contributed by atoms with van der Waals surface area (Å²) in [7, 11) is -3.77.